The van der Waals surface area contributed by atoms with Gasteiger partial charge in [0.05, 0.1) is 28.0 Å². The number of para-hydroxylation sites is 3. The Kier molecular flexibility index (Phi) is 9.29. The summed E-state index contributed by atoms with van der Waals surface area (Å²) in [6, 6.07) is 84.3. The quantitative estimate of drug-likeness (QED) is 0.144. The zero-order valence-corrected chi connectivity index (χ0v) is 37.0. The van der Waals surface area contributed by atoms with Gasteiger partial charge in [-0.25, -0.2) is 0 Å². The lowest BCUT2D eigenvalue weighted by Gasteiger charge is -2.30. The van der Waals surface area contributed by atoms with Crippen molar-refractivity contribution in [3.8, 4) is 0 Å². The van der Waals surface area contributed by atoms with Crippen LogP contribution in [0.2, 0.25) is 0 Å². The van der Waals surface area contributed by atoms with E-state index in [9.17, 15) is 0 Å². The number of fused-ring (bicyclic) bond motifs is 8. The third-order valence-electron chi connectivity index (χ3n) is 12.8. The van der Waals surface area contributed by atoms with Gasteiger partial charge >= 0.3 is 0 Å². The van der Waals surface area contributed by atoms with Gasteiger partial charge in [0.15, 0.2) is 5.58 Å². The minimum absolute atomic E-state index is 0.778. The molecule has 0 saturated carbocycles. The van der Waals surface area contributed by atoms with Crippen molar-refractivity contribution in [1.29, 1.82) is 0 Å². The number of rotatable bonds is 9. The Hall–Kier alpha value is -8.71. The van der Waals surface area contributed by atoms with E-state index in [4.69, 9.17) is 9.40 Å². The van der Waals surface area contributed by atoms with Crippen molar-refractivity contribution >= 4 is 126 Å². The first-order valence-electron chi connectivity index (χ1n) is 22.5. The maximum atomic E-state index is 7.42. The molecule has 3 aromatic heterocycles. The van der Waals surface area contributed by atoms with Crippen molar-refractivity contribution in [1.82, 2.24) is 4.98 Å². The van der Waals surface area contributed by atoms with E-state index in [0.29, 0.717) is 0 Å². The van der Waals surface area contributed by atoms with E-state index in [0.717, 1.165) is 89.4 Å². The fourth-order valence-corrected chi connectivity index (χ4v) is 10.9. The molecule has 0 bridgehead atoms. The summed E-state index contributed by atoms with van der Waals surface area (Å²) in [6.45, 7) is 0. The molecule has 0 radical (unpaired) electrons. The molecule has 0 saturated heterocycles. The number of thiophene rings is 1. The monoisotopic (exact) mass is 876 g/mol. The van der Waals surface area contributed by atoms with Crippen LogP contribution in [0.5, 0.6) is 0 Å². The standard InChI is InChI=1S/C61H40N4OS/c1-4-19-43(20-5-1)63(46-30-29-42-18-15-37-62-53(42)38-46)47-32-34-52-57(39-47)66-61-56(64(44-21-6-2-7-22-44)48-31-33-51-50-26-12-13-28-58(50)67-59(51)40-48)36-35-55(60(52)61)65(45-23-8-3-9-24-45)54-27-14-17-41-16-10-11-25-49(41)54/h1-40H. The summed E-state index contributed by atoms with van der Waals surface area (Å²) in [7, 11) is 0. The van der Waals surface area contributed by atoms with Crippen molar-refractivity contribution in [3.63, 3.8) is 0 Å². The summed E-state index contributed by atoms with van der Waals surface area (Å²) in [6.07, 6.45) is 1.85. The SMILES string of the molecule is c1ccc(N(c2ccc3cccnc3c2)c2ccc3c(c2)oc2c(N(c4ccccc4)c4ccc5c(c4)sc4ccccc45)ccc(N(c4ccccc4)c4cccc5ccccc45)c23)cc1. The van der Waals surface area contributed by atoms with E-state index >= 15 is 0 Å². The first-order chi connectivity index (χ1) is 33.2. The van der Waals surface area contributed by atoms with Crippen LogP contribution in [0.3, 0.4) is 0 Å². The third kappa shape index (κ3) is 6.65. The van der Waals surface area contributed by atoms with E-state index in [-0.39, 0.29) is 0 Å². The van der Waals surface area contributed by atoms with E-state index in [1.165, 1.54) is 25.6 Å². The number of hydrogen-bond donors (Lipinski definition) is 0. The second-order valence-electron chi connectivity index (χ2n) is 16.8. The molecule has 0 aliphatic heterocycles. The second kappa shape index (κ2) is 16.1. The lowest BCUT2D eigenvalue weighted by Crippen LogP contribution is -2.13. The molecule has 6 heteroatoms. The van der Waals surface area contributed by atoms with Gasteiger partial charge in [-0.3, -0.25) is 4.98 Å². The highest BCUT2D eigenvalue weighted by molar-refractivity contribution is 7.25. The molecule has 0 aliphatic carbocycles. The smallest absolute Gasteiger partial charge is 0.161 e. The average Bonchev–Trinajstić information content (AvgIpc) is 3.97. The van der Waals surface area contributed by atoms with Crippen LogP contribution in [-0.4, -0.2) is 4.98 Å². The molecule has 3 heterocycles. The number of anilines is 9. The van der Waals surface area contributed by atoms with Crippen molar-refractivity contribution in [2.45, 2.75) is 0 Å². The van der Waals surface area contributed by atoms with E-state index in [2.05, 4.69) is 245 Å². The molecule has 10 aromatic carbocycles. The third-order valence-corrected chi connectivity index (χ3v) is 14.0. The van der Waals surface area contributed by atoms with Gasteiger partial charge in [0.2, 0.25) is 0 Å². The average molecular weight is 877 g/mol. The van der Waals surface area contributed by atoms with E-state index in [1.807, 2.05) is 23.6 Å². The van der Waals surface area contributed by atoms with Gasteiger partial charge in [-0.2, -0.15) is 0 Å². The molecule has 316 valence electrons. The zero-order valence-electron chi connectivity index (χ0n) is 36.2. The lowest BCUT2D eigenvalue weighted by atomic mass is 10.0. The first-order valence-corrected chi connectivity index (χ1v) is 23.3. The van der Waals surface area contributed by atoms with Crippen LogP contribution in [0.25, 0.3) is 63.8 Å². The van der Waals surface area contributed by atoms with Gasteiger partial charge in [0.1, 0.15) is 5.58 Å². The summed E-state index contributed by atoms with van der Waals surface area (Å²) in [5.41, 5.74) is 11.7. The molecule has 0 N–H and O–H groups in total. The number of furan rings is 1. The Bertz CT molecular complexity index is 3950. The molecular formula is C61H40N4OS. The van der Waals surface area contributed by atoms with Gasteiger partial charge < -0.3 is 19.1 Å². The Morgan fingerprint density at radius 2 is 0.925 bits per heavy atom. The topological polar surface area (TPSA) is 35.8 Å². The van der Waals surface area contributed by atoms with Gasteiger partial charge in [0, 0.05) is 82.7 Å². The number of nitrogens with zero attached hydrogens (tertiary/aromatic N) is 4. The first kappa shape index (κ1) is 38.7. The van der Waals surface area contributed by atoms with Crippen molar-refractivity contribution in [2.75, 3.05) is 14.7 Å². The number of hydrogen-bond acceptors (Lipinski definition) is 6. The minimum Gasteiger partial charge on any atom is -0.454 e. The summed E-state index contributed by atoms with van der Waals surface area (Å²) < 4.78 is 9.93. The Labute approximate surface area is 391 Å². The van der Waals surface area contributed by atoms with Gasteiger partial charge in [-0.1, -0.05) is 127 Å². The Morgan fingerprint density at radius 1 is 0.343 bits per heavy atom. The predicted octanol–water partition coefficient (Wildman–Crippen LogP) is 18.1. The molecule has 0 aliphatic rings. The molecule has 0 atom stereocenters. The largest absolute Gasteiger partial charge is 0.454 e. The molecule has 0 amide bonds. The summed E-state index contributed by atoms with van der Waals surface area (Å²) in [4.78, 5) is 11.8. The fraction of sp³-hybridized carbons (Fsp3) is 0. The van der Waals surface area contributed by atoms with Gasteiger partial charge in [-0.15, -0.1) is 11.3 Å². The van der Waals surface area contributed by atoms with Crippen molar-refractivity contribution < 1.29 is 4.42 Å². The van der Waals surface area contributed by atoms with Crippen LogP contribution in [0.4, 0.5) is 51.2 Å². The fourth-order valence-electron chi connectivity index (χ4n) is 9.80. The highest BCUT2D eigenvalue weighted by Gasteiger charge is 2.27. The van der Waals surface area contributed by atoms with Crippen molar-refractivity contribution in [3.05, 3.63) is 243 Å². The maximum Gasteiger partial charge on any atom is 0.161 e. The molecule has 13 rings (SSSR count). The van der Waals surface area contributed by atoms with Crippen LogP contribution in [0.1, 0.15) is 0 Å². The Morgan fingerprint density at radius 3 is 1.72 bits per heavy atom. The zero-order chi connectivity index (χ0) is 44.3. The van der Waals surface area contributed by atoms with Crippen LogP contribution in [-0.2, 0) is 0 Å². The molecule has 0 spiro atoms. The summed E-state index contributed by atoms with van der Waals surface area (Å²) in [5, 5.41) is 7.99. The van der Waals surface area contributed by atoms with Crippen LogP contribution < -0.4 is 14.7 Å². The minimum atomic E-state index is 0.778. The number of aromatic nitrogens is 1. The van der Waals surface area contributed by atoms with Crippen LogP contribution >= 0.6 is 11.3 Å². The summed E-state index contributed by atoms with van der Waals surface area (Å²) in [5.74, 6) is 0. The van der Waals surface area contributed by atoms with E-state index < -0.39 is 0 Å². The van der Waals surface area contributed by atoms with E-state index in [1.54, 1.807) is 0 Å². The van der Waals surface area contributed by atoms with Crippen molar-refractivity contribution in [2.24, 2.45) is 0 Å². The van der Waals surface area contributed by atoms with Crippen LogP contribution in [0.15, 0.2) is 247 Å². The molecule has 13 aromatic rings. The van der Waals surface area contributed by atoms with Crippen LogP contribution in [0, 0.1) is 0 Å². The molecule has 0 unspecified atom stereocenters. The normalized spacial score (nSPS) is 11.6. The Balaban J connectivity index is 1.09. The molecule has 67 heavy (non-hydrogen) atoms. The summed E-state index contributed by atoms with van der Waals surface area (Å²) >= 11 is 1.83. The number of benzene rings is 10. The molecule has 5 nitrogen and oxygen atoms in total. The number of pyridine rings is 1. The lowest BCUT2D eigenvalue weighted by molar-refractivity contribution is 0.669. The molecule has 0 fully saturated rings. The van der Waals surface area contributed by atoms with Gasteiger partial charge in [0.25, 0.3) is 0 Å². The molecular weight excluding hydrogens is 837 g/mol. The van der Waals surface area contributed by atoms with Gasteiger partial charge in [-0.05, 0) is 109 Å². The maximum absolute atomic E-state index is 7.42. The second-order valence-corrected chi connectivity index (χ2v) is 17.8. The predicted molar refractivity (Wildman–Crippen MR) is 283 cm³/mol. The highest BCUT2D eigenvalue weighted by Crippen LogP contribution is 2.51. The highest BCUT2D eigenvalue weighted by atomic mass is 32.1.